The molecule has 1 aliphatic carbocycles. The largest absolute Gasteiger partial charge is 0.493 e. The minimum atomic E-state index is -0.283. The SMILES string of the molecule is COc1cc2c(c(OC)c1OC)-c1ccc(OC)c(=O)cc1[C@@H](NCc1cccc(F)c1)CC2. The van der Waals surface area contributed by atoms with Gasteiger partial charge >= 0.3 is 0 Å². The first-order chi connectivity index (χ1) is 16.5. The minimum absolute atomic E-state index is 0.169. The first-order valence-electron chi connectivity index (χ1n) is 11.0. The monoisotopic (exact) mass is 465 g/mol. The summed E-state index contributed by atoms with van der Waals surface area (Å²) >= 11 is 0. The van der Waals surface area contributed by atoms with Crippen LogP contribution in [-0.2, 0) is 13.0 Å². The molecule has 0 saturated heterocycles. The Bertz CT molecular complexity index is 1260. The van der Waals surface area contributed by atoms with Gasteiger partial charge < -0.3 is 24.3 Å². The normalized spacial score (nSPS) is 14.4. The summed E-state index contributed by atoms with van der Waals surface area (Å²) in [5.41, 5.74) is 4.12. The Labute approximate surface area is 198 Å². The molecule has 1 aliphatic rings. The summed E-state index contributed by atoms with van der Waals surface area (Å²) in [5.74, 6) is 1.57. The highest BCUT2D eigenvalue weighted by molar-refractivity contribution is 5.82. The van der Waals surface area contributed by atoms with Gasteiger partial charge in [-0.1, -0.05) is 18.2 Å². The Kier molecular flexibility index (Phi) is 7.03. The molecule has 7 heteroatoms. The number of nitrogens with one attached hydrogen (secondary N) is 1. The standard InChI is InChI=1S/C27H28FNO5/c1-31-23-11-9-19-20(14-22(23)30)21(29-15-16-6-5-7-18(28)12-16)10-8-17-13-24(32-2)26(33-3)27(34-4)25(17)19/h5-7,9,11-14,21,29H,8,10,15H2,1-4H3/t21-/m0/s1. The fourth-order valence-electron chi connectivity index (χ4n) is 4.57. The second kappa shape index (κ2) is 10.1. The predicted octanol–water partition coefficient (Wildman–Crippen LogP) is 4.66. The maximum atomic E-state index is 13.7. The van der Waals surface area contributed by atoms with Crippen LogP contribution in [0.25, 0.3) is 11.1 Å². The van der Waals surface area contributed by atoms with Gasteiger partial charge in [-0.05, 0) is 65.4 Å². The molecule has 0 saturated carbocycles. The molecule has 3 aromatic rings. The maximum Gasteiger partial charge on any atom is 0.220 e. The smallest absolute Gasteiger partial charge is 0.220 e. The van der Waals surface area contributed by atoms with Crippen LogP contribution in [0.4, 0.5) is 4.39 Å². The second-order valence-corrected chi connectivity index (χ2v) is 8.06. The molecule has 3 aromatic carbocycles. The van der Waals surface area contributed by atoms with E-state index in [4.69, 9.17) is 18.9 Å². The molecule has 34 heavy (non-hydrogen) atoms. The Hall–Kier alpha value is -3.58. The van der Waals surface area contributed by atoms with Crippen molar-refractivity contribution in [3.63, 3.8) is 0 Å². The quantitative estimate of drug-likeness (QED) is 0.547. The molecule has 0 aliphatic heterocycles. The third kappa shape index (κ3) is 4.43. The summed E-state index contributed by atoms with van der Waals surface area (Å²) in [4.78, 5) is 12.9. The lowest BCUT2D eigenvalue weighted by molar-refractivity contribution is 0.324. The summed E-state index contributed by atoms with van der Waals surface area (Å²) in [6.07, 6.45) is 1.41. The average Bonchev–Trinajstić information content (AvgIpc) is 3.09. The molecular formula is C27H28FNO5. The summed E-state index contributed by atoms with van der Waals surface area (Å²) < 4.78 is 36.0. The zero-order valence-corrected chi connectivity index (χ0v) is 19.7. The molecule has 0 heterocycles. The van der Waals surface area contributed by atoms with Gasteiger partial charge in [0, 0.05) is 18.2 Å². The van der Waals surface area contributed by atoms with Crippen molar-refractivity contribution in [1.82, 2.24) is 5.32 Å². The van der Waals surface area contributed by atoms with E-state index in [1.54, 1.807) is 39.5 Å². The van der Waals surface area contributed by atoms with E-state index in [1.807, 2.05) is 18.2 Å². The van der Waals surface area contributed by atoms with Crippen molar-refractivity contribution >= 4 is 0 Å². The number of ether oxygens (including phenoxy) is 4. The average molecular weight is 466 g/mol. The first kappa shape index (κ1) is 23.6. The van der Waals surface area contributed by atoms with Gasteiger partial charge in [0.2, 0.25) is 11.2 Å². The first-order valence-corrected chi connectivity index (χ1v) is 11.0. The van der Waals surface area contributed by atoms with Crippen LogP contribution in [0.3, 0.4) is 0 Å². The fourth-order valence-corrected chi connectivity index (χ4v) is 4.57. The number of halogens is 1. The number of rotatable bonds is 7. The van der Waals surface area contributed by atoms with Crippen LogP contribution in [0, 0.1) is 5.82 Å². The van der Waals surface area contributed by atoms with Crippen LogP contribution in [0.15, 0.2) is 53.3 Å². The number of methoxy groups -OCH3 is 4. The number of benzene rings is 2. The highest BCUT2D eigenvalue weighted by Gasteiger charge is 2.29. The van der Waals surface area contributed by atoms with E-state index in [2.05, 4.69) is 5.32 Å². The number of hydrogen-bond donors (Lipinski definition) is 1. The molecular weight excluding hydrogens is 437 g/mol. The van der Waals surface area contributed by atoms with Gasteiger partial charge in [-0.2, -0.15) is 0 Å². The molecule has 0 radical (unpaired) electrons. The van der Waals surface area contributed by atoms with Crippen LogP contribution in [0.2, 0.25) is 0 Å². The van der Waals surface area contributed by atoms with Crippen LogP contribution in [0.1, 0.15) is 29.2 Å². The summed E-state index contributed by atoms with van der Waals surface area (Å²) in [6, 6.07) is 13.4. The maximum absolute atomic E-state index is 13.7. The third-order valence-electron chi connectivity index (χ3n) is 6.16. The number of hydrogen-bond acceptors (Lipinski definition) is 6. The number of fused-ring (bicyclic) bond motifs is 3. The van der Waals surface area contributed by atoms with Crippen molar-refractivity contribution < 1.29 is 23.3 Å². The predicted molar refractivity (Wildman–Crippen MR) is 129 cm³/mol. The van der Waals surface area contributed by atoms with Gasteiger partial charge in [0.05, 0.1) is 28.4 Å². The highest BCUT2D eigenvalue weighted by Crippen LogP contribution is 2.50. The molecule has 1 atom stereocenters. The summed E-state index contributed by atoms with van der Waals surface area (Å²) in [7, 11) is 6.22. The Morgan fingerprint density at radius 3 is 2.35 bits per heavy atom. The van der Waals surface area contributed by atoms with Crippen LogP contribution < -0.4 is 29.7 Å². The Morgan fingerprint density at radius 1 is 0.912 bits per heavy atom. The molecule has 6 nitrogen and oxygen atoms in total. The molecule has 1 N–H and O–H groups in total. The summed E-state index contributed by atoms with van der Waals surface area (Å²) in [6.45, 7) is 0.450. The zero-order chi connectivity index (χ0) is 24.2. The van der Waals surface area contributed by atoms with E-state index in [0.29, 0.717) is 36.6 Å². The highest BCUT2D eigenvalue weighted by atomic mass is 19.1. The van der Waals surface area contributed by atoms with E-state index in [9.17, 15) is 9.18 Å². The lowest BCUT2D eigenvalue weighted by atomic mass is 9.95. The van der Waals surface area contributed by atoms with Crippen molar-refractivity contribution in [3.05, 3.63) is 81.3 Å². The molecule has 0 spiro atoms. The number of aryl methyl sites for hydroxylation is 1. The second-order valence-electron chi connectivity index (χ2n) is 8.06. The third-order valence-corrected chi connectivity index (χ3v) is 6.16. The minimum Gasteiger partial charge on any atom is -0.493 e. The molecule has 0 aromatic heterocycles. The van der Waals surface area contributed by atoms with E-state index in [-0.39, 0.29) is 23.0 Å². The topological polar surface area (TPSA) is 66.0 Å². The van der Waals surface area contributed by atoms with Crippen LogP contribution in [-0.4, -0.2) is 28.4 Å². The van der Waals surface area contributed by atoms with Gasteiger partial charge in [-0.25, -0.2) is 4.39 Å². The Morgan fingerprint density at radius 2 is 1.68 bits per heavy atom. The fraction of sp³-hybridized carbons (Fsp3) is 0.296. The molecule has 4 rings (SSSR count). The van der Waals surface area contributed by atoms with Gasteiger partial charge in [-0.15, -0.1) is 0 Å². The lowest BCUT2D eigenvalue weighted by Gasteiger charge is -2.20. The van der Waals surface area contributed by atoms with Gasteiger partial charge in [0.15, 0.2) is 17.2 Å². The van der Waals surface area contributed by atoms with Crippen LogP contribution in [0.5, 0.6) is 23.0 Å². The van der Waals surface area contributed by atoms with Gasteiger partial charge in [-0.3, -0.25) is 4.79 Å². The van der Waals surface area contributed by atoms with Crippen molar-refractivity contribution in [2.24, 2.45) is 0 Å². The lowest BCUT2D eigenvalue weighted by Crippen LogP contribution is -2.22. The zero-order valence-electron chi connectivity index (χ0n) is 19.7. The molecule has 0 fully saturated rings. The Balaban J connectivity index is 1.90. The van der Waals surface area contributed by atoms with Gasteiger partial charge in [0.1, 0.15) is 5.82 Å². The van der Waals surface area contributed by atoms with E-state index in [0.717, 1.165) is 27.8 Å². The molecule has 0 unspecified atom stereocenters. The van der Waals surface area contributed by atoms with E-state index >= 15 is 0 Å². The molecule has 0 amide bonds. The van der Waals surface area contributed by atoms with E-state index in [1.165, 1.54) is 19.2 Å². The van der Waals surface area contributed by atoms with E-state index < -0.39 is 0 Å². The van der Waals surface area contributed by atoms with Crippen molar-refractivity contribution in [2.75, 3.05) is 28.4 Å². The van der Waals surface area contributed by atoms with Crippen molar-refractivity contribution in [2.45, 2.75) is 25.4 Å². The van der Waals surface area contributed by atoms with Crippen molar-refractivity contribution in [1.29, 1.82) is 0 Å². The summed E-state index contributed by atoms with van der Waals surface area (Å²) in [5, 5.41) is 3.52. The van der Waals surface area contributed by atoms with Crippen LogP contribution >= 0.6 is 0 Å². The van der Waals surface area contributed by atoms with Crippen molar-refractivity contribution in [3.8, 4) is 34.1 Å². The van der Waals surface area contributed by atoms with Gasteiger partial charge in [0.25, 0.3) is 0 Å². The molecule has 0 bridgehead atoms. The molecule has 178 valence electrons.